The summed E-state index contributed by atoms with van der Waals surface area (Å²) in [5, 5.41) is 10.1. The van der Waals surface area contributed by atoms with Gasteiger partial charge in [-0.1, -0.05) is 18.2 Å². The number of halogens is 2. The van der Waals surface area contributed by atoms with Gasteiger partial charge in [-0.15, -0.1) is 0 Å². The van der Waals surface area contributed by atoms with E-state index in [1.165, 1.54) is 36.4 Å². The number of aliphatic hydroxyl groups is 1. The molecule has 3 aromatic carbocycles. The molecule has 1 fully saturated rings. The Morgan fingerprint density at radius 1 is 0.969 bits per heavy atom. The number of likely N-dealkylation sites (N-methyl/N-ethyl adjacent to an activating group) is 1. The van der Waals surface area contributed by atoms with Crippen LogP contribution in [0.4, 0.5) is 14.5 Å². The van der Waals surface area contributed by atoms with Gasteiger partial charge < -0.3 is 14.9 Å². The number of hydrogen-bond acceptors (Lipinski definition) is 3. The molecule has 2 aliphatic heterocycles. The van der Waals surface area contributed by atoms with Crippen LogP contribution in [-0.4, -0.2) is 42.2 Å². The molecule has 4 nitrogen and oxygen atoms in total. The highest BCUT2D eigenvalue weighted by molar-refractivity contribution is 5.95. The average molecular weight is 434 g/mol. The fraction of sp³-hybridized carbons (Fsp3) is 0.269. The Balaban J connectivity index is 1.59. The Labute approximate surface area is 185 Å². The molecule has 2 heterocycles. The Bertz CT molecular complexity index is 1150. The molecule has 5 rings (SSSR count). The van der Waals surface area contributed by atoms with Crippen molar-refractivity contribution in [3.8, 4) is 11.1 Å². The maximum atomic E-state index is 13.4. The number of benzene rings is 3. The minimum Gasteiger partial charge on any atom is -0.394 e. The molecule has 0 aliphatic carbocycles. The topological polar surface area (TPSA) is 43.8 Å². The molecular weight excluding hydrogens is 410 g/mol. The van der Waals surface area contributed by atoms with Crippen molar-refractivity contribution < 1.29 is 18.7 Å². The summed E-state index contributed by atoms with van der Waals surface area (Å²) in [6, 6.07) is 17.7. The standard InChI is InChI=1S/C26H24F2N2O2/c1-29-23-11-6-18(16-2-7-19(27)8-3-16)14-22(23)25-21(24(29)15-31)12-13-30(25)26(32)17-4-9-20(28)10-5-17/h2-11,14,21,24-25,31H,12-13,15H2,1H3/t21-,24-,25-/m0/s1. The lowest BCUT2D eigenvalue weighted by Crippen LogP contribution is -2.48. The van der Waals surface area contributed by atoms with E-state index in [0.717, 1.165) is 28.8 Å². The van der Waals surface area contributed by atoms with Crippen LogP contribution in [-0.2, 0) is 0 Å². The first-order chi connectivity index (χ1) is 15.5. The van der Waals surface area contributed by atoms with E-state index < -0.39 is 0 Å². The smallest absolute Gasteiger partial charge is 0.254 e. The van der Waals surface area contributed by atoms with Crippen LogP contribution in [0.15, 0.2) is 66.7 Å². The number of aliphatic hydroxyl groups excluding tert-OH is 1. The van der Waals surface area contributed by atoms with Crippen LogP contribution in [0.3, 0.4) is 0 Å². The summed E-state index contributed by atoms with van der Waals surface area (Å²) >= 11 is 0. The fourth-order valence-corrected chi connectivity index (χ4v) is 5.26. The molecule has 0 unspecified atom stereocenters. The first-order valence-electron chi connectivity index (χ1n) is 10.8. The van der Waals surface area contributed by atoms with Gasteiger partial charge in [0.15, 0.2) is 0 Å². The third-order valence-electron chi connectivity index (χ3n) is 6.88. The summed E-state index contributed by atoms with van der Waals surface area (Å²) in [7, 11) is 1.97. The van der Waals surface area contributed by atoms with Crippen molar-refractivity contribution in [2.75, 3.05) is 25.1 Å². The minimum absolute atomic E-state index is 0.00456. The Kier molecular flexibility index (Phi) is 5.18. The second-order valence-electron chi connectivity index (χ2n) is 8.54. The highest BCUT2D eigenvalue weighted by Crippen LogP contribution is 2.49. The third-order valence-corrected chi connectivity index (χ3v) is 6.88. The van der Waals surface area contributed by atoms with Crippen LogP contribution >= 0.6 is 0 Å². The Morgan fingerprint density at radius 2 is 1.59 bits per heavy atom. The molecule has 1 amide bonds. The lowest BCUT2D eigenvalue weighted by Gasteiger charge is -2.44. The van der Waals surface area contributed by atoms with E-state index in [9.17, 15) is 18.7 Å². The summed E-state index contributed by atoms with van der Waals surface area (Å²) < 4.78 is 26.8. The third kappa shape index (κ3) is 3.35. The van der Waals surface area contributed by atoms with Crippen molar-refractivity contribution in [1.82, 2.24) is 4.90 Å². The first-order valence-corrected chi connectivity index (χ1v) is 10.8. The molecule has 2 aliphatic rings. The molecule has 3 atom stereocenters. The van der Waals surface area contributed by atoms with Gasteiger partial charge in [0.1, 0.15) is 11.6 Å². The monoisotopic (exact) mass is 434 g/mol. The maximum Gasteiger partial charge on any atom is 0.254 e. The molecule has 32 heavy (non-hydrogen) atoms. The molecule has 0 bridgehead atoms. The number of nitrogens with zero attached hydrogens (tertiary/aromatic N) is 2. The lowest BCUT2D eigenvalue weighted by atomic mass is 9.81. The molecule has 1 N–H and O–H groups in total. The van der Waals surface area contributed by atoms with Gasteiger partial charge in [-0.2, -0.15) is 0 Å². The van der Waals surface area contributed by atoms with Gasteiger partial charge in [-0.05, 0) is 71.6 Å². The van der Waals surface area contributed by atoms with E-state index in [1.54, 1.807) is 12.1 Å². The number of carbonyl (C=O) groups excluding carboxylic acids is 1. The second kappa shape index (κ2) is 8.02. The van der Waals surface area contributed by atoms with Crippen LogP contribution in [0.25, 0.3) is 11.1 Å². The van der Waals surface area contributed by atoms with Crippen molar-refractivity contribution in [2.45, 2.75) is 18.5 Å². The Morgan fingerprint density at radius 3 is 2.25 bits per heavy atom. The zero-order valence-corrected chi connectivity index (χ0v) is 17.7. The van der Waals surface area contributed by atoms with Gasteiger partial charge in [-0.3, -0.25) is 4.79 Å². The minimum atomic E-state index is -0.380. The summed E-state index contributed by atoms with van der Waals surface area (Å²) in [6.45, 7) is 0.561. The maximum absolute atomic E-state index is 13.4. The normalized spacial score (nSPS) is 21.9. The molecule has 1 saturated heterocycles. The van der Waals surface area contributed by atoms with Crippen molar-refractivity contribution >= 4 is 11.6 Å². The summed E-state index contributed by atoms with van der Waals surface area (Å²) in [4.78, 5) is 17.3. The molecule has 0 aromatic heterocycles. The number of carbonyl (C=O) groups is 1. The molecule has 0 spiro atoms. The Hall–Kier alpha value is -3.25. The van der Waals surface area contributed by atoms with Crippen molar-refractivity contribution in [2.24, 2.45) is 5.92 Å². The largest absolute Gasteiger partial charge is 0.394 e. The van der Waals surface area contributed by atoms with E-state index in [4.69, 9.17) is 0 Å². The molecular formula is C26H24F2N2O2. The highest BCUT2D eigenvalue weighted by Gasteiger charge is 2.47. The van der Waals surface area contributed by atoms with E-state index >= 15 is 0 Å². The predicted octanol–water partition coefficient (Wildman–Crippen LogP) is 4.65. The van der Waals surface area contributed by atoms with Gasteiger partial charge in [0, 0.05) is 30.8 Å². The molecule has 6 heteroatoms. The zero-order valence-electron chi connectivity index (χ0n) is 17.7. The number of hydrogen-bond donors (Lipinski definition) is 1. The van der Waals surface area contributed by atoms with E-state index in [0.29, 0.717) is 12.1 Å². The van der Waals surface area contributed by atoms with Crippen LogP contribution in [0, 0.1) is 17.6 Å². The van der Waals surface area contributed by atoms with Gasteiger partial charge >= 0.3 is 0 Å². The van der Waals surface area contributed by atoms with Gasteiger partial charge in [-0.25, -0.2) is 8.78 Å². The average Bonchev–Trinajstić information content (AvgIpc) is 3.25. The van der Waals surface area contributed by atoms with Crippen molar-refractivity contribution in [3.63, 3.8) is 0 Å². The quantitative estimate of drug-likeness (QED) is 0.653. The summed E-state index contributed by atoms with van der Waals surface area (Å²) in [5.74, 6) is -0.735. The summed E-state index contributed by atoms with van der Waals surface area (Å²) in [5.41, 5.74) is 4.27. The second-order valence-corrected chi connectivity index (χ2v) is 8.54. The number of rotatable bonds is 3. The highest BCUT2D eigenvalue weighted by atomic mass is 19.1. The van der Waals surface area contributed by atoms with Gasteiger partial charge in [0.05, 0.1) is 18.7 Å². The zero-order chi connectivity index (χ0) is 22.4. The van der Waals surface area contributed by atoms with Gasteiger partial charge in [0.25, 0.3) is 5.91 Å². The molecule has 0 radical (unpaired) electrons. The van der Waals surface area contributed by atoms with E-state index in [1.807, 2.05) is 24.1 Å². The van der Waals surface area contributed by atoms with Crippen LogP contribution < -0.4 is 4.90 Å². The number of amides is 1. The molecule has 0 saturated carbocycles. The van der Waals surface area contributed by atoms with E-state index in [-0.39, 0.29) is 42.2 Å². The number of anilines is 1. The number of likely N-dealkylation sites (tertiary alicyclic amines) is 1. The van der Waals surface area contributed by atoms with Crippen LogP contribution in [0.5, 0.6) is 0 Å². The number of fused-ring (bicyclic) bond motifs is 3. The van der Waals surface area contributed by atoms with Crippen molar-refractivity contribution in [1.29, 1.82) is 0 Å². The SMILES string of the molecule is CN1c2ccc(-c3ccc(F)cc3)cc2[C@@H]2[C@@H](CCN2C(=O)c2ccc(F)cc2)[C@@H]1CO. The van der Waals surface area contributed by atoms with Crippen LogP contribution in [0.2, 0.25) is 0 Å². The predicted molar refractivity (Wildman–Crippen MR) is 119 cm³/mol. The van der Waals surface area contributed by atoms with Gasteiger partial charge in [0.2, 0.25) is 0 Å². The fourth-order valence-electron chi connectivity index (χ4n) is 5.26. The van der Waals surface area contributed by atoms with Crippen molar-refractivity contribution in [3.05, 3.63) is 89.5 Å². The molecule has 164 valence electrons. The van der Waals surface area contributed by atoms with E-state index in [2.05, 4.69) is 11.0 Å². The molecule has 3 aromatic rings. The first kappa shape index (κ1) is 20.6. The summed E-state index contributed by atoms with van der Waals surface area (Å²) in [6.07, 6.45) is 0.771. The lowest BCUT2D eigenvalue weighted by molar-refractivity contribution is 0.0694. The van der Waals surface area contributed by atoms with Crippen LogP contribution in [0.1, 0.15) is 28.4 Å².